The maximum atomic E-state index is 12.2. The normalized spacial score (nSPS) is 10.4. The Morgan fingerprint density at radius 2 is 1.60 bits per heavy atom. The molecule has 0 radical (unpaired) electrons. The number of rotatable bonds is 5. The van der Waals surface area contributed by atoms with Gasteiger partial charge in [0.25, 0.3) is 5.91 Å². The minimum atomic E-state index is -0.686. The Balaban J connectivity index is 1.71. The monoisotopic (exact) mass is 461 g/mol. The van der Waals surface area contributed by atoms with E-state index in [1.165, 1.54) is 6.07 Å². The number of amides is 3. The molecule has 0 bridgehead atoms. The number of carbonyl (C=O) groups is 2. The molecule has 0 aliphatic rings. The van der Waals surface area contributed by atoms with Crippen LogP contribution in [-0.4, -0.2) is 18.5 Å². The number of nitrogens with one attached hydrogen (secondary N) is 2. The summed E-state index contributed by atoms with van der Waals surface area (Å²) in [4.78, 5) is 26.4. The lowest BCUT2D eigenvalue weighted by molar-refractivity contribution is 0.0967. The summed E-state index contributed by atoms with van der Waals surface area (Å²) >= 11 is 18.4. The van der Waals surface area contributed by atoms with Crippen LogP contribution in [0.25, 0.3) is 0 Å². The number of carbonyl (C=O) groups excluding carboxylic acids is 2. The number of nitrogens with zero attached hydrogens (tertiary/aromatic N) is 1. The molecule has 3 amide bonds. The lowest BCUT2D eigenvalue weighted by atomic mass is 10.2. The molecule has 3 aromatic carbocycles. The molecule has 0 aromatic heterocycles. The highest BCUT2D eigenvalue weighted by Gasteiger charge is 2.15. The standard InChI is InChI=1S/C22H18Cl3N3O2/c1-2-28(16-10-7-14(23)8-11-16)20-12-9-15(13-19(20)25)26-22(30)27-21(29)17-5-3-4-6-18(17)24/h3-13H,2H2,1H3,(H2,26,27,29,30). The maximum Gasteiger partial charge on any atom is 0.326 e. The minimum absolute atomic E-state index is 0.212. The fraction of sp³-hybridized carbons (Fsp3) is 0.0909. The number of anilines is 3. The Labute approximate surface area is 189 Å². The van der Waals surface area contributed by atoms with Gasteiger partial charge in [-0.25, -0.2) is 4.79 Å². The fourth-order valence-electron chi connectivity index (χ4n) is 2.89. The Bertz CT molecular complexity index is 1070. The molecule has 0 unspecified atom stereocenters. The first kappa shape index (κ1) is 22.0. The average Bonchev–Trinajstić information content (AvgIpc) is 2.71. The lowest BCUT2D eigenvalue weighted by Gasteiger charge is -2.25. The van der Waals surface area contributed by atoms with Crippen molar-refractivity contribution in [1.82, 2.24) is 5.32 Å². The molecule has 5 nitrogen and oxygen atoms in total. The van der Waals surface area contributed by atoms with Crippen LogP contribution in [-0.2, 0) is 0 Å². The molecule has 3 aromatic rings. The van der Waals surface area contributed by atoms with Crippen LogP contribution in [0.3, 0.4) is 0 Å². The van der Waals surface area contributed by atoms with Crippen molar-refractivity contribution in [2.75, 3.05) is 16.8 Å². The van der Waals surface area contributed by atoms with Crippen LogP contribution >= 0.6 is 34.8 Å². The van der Waals surface area contributed by atoms with E-state index in [4.69, 9.17) is 34.8 Å². The first-order chi connectivity index (χ1) is 14.4. The van der Waals surface area contributed by atoms with Gasteiger partial charge in [-0.2, -0.15) is 0 Å². The summed E-state index contributed by atoms with van der Waals surface area (Å²) < 4.78 is 0. The van der Waals surface area contributed by atoms with Crippen molar-refractivity contribution < 1.29 is 9.59 Å². The molecule has 2 N–H and O–H groups in total. The van der Waals surface area contributed by atoms with Gasteiger partial charge in [-0.3, -0.25) is 10.1 Å². The molecule has 0 fully saturated rings. The SMILES string of the molecule is CCN(c1ccc(Cl)cc1)c1ccc(NC(=O)NC(=O)c2ccccc2Cl)cc1Cl. The van der Waals surface area contributed by atoms with Crippen molar-refractivity contribution in [1.29, 1.82) is 0 Å². The summed E-state index contributed by atoms with van der Waals surface area (Å²) in [6.45, 7) is 2.69. The molecule has 0 saturated heterocycles. The van der Waals surface area contributed by atoms with Gasteiger partial charge in [0.2, 0.25) is 0 Å². The molecule has 0 aliphatic heterocycles. The third-order valence-electron chi connectivity index (χ3n) is 4.30. The molecule has 0 spiro atoms. The molecule has 154 valence electrons. The van der Waals surface area contributed by atoms with Crippen LogP contribution in [0.4, 0.5) is 21.9 Å². The van der Waals surface area contributed by atoms with Crippen molar-refractivity contribution in [2.24, 2.45) is 0 Å². The summed E-state index contributed by atoms with van der Waals surface area (Å²) in [7, 11) is 0. The molecular weight excluding hydrogens is 445 g/mol. The fourth-order valence-corrected chi connectivity index (χ4v) is 3.52. The summed E-state index contributed by atoms with van der Waals surface area (Å²) in [5.41, 5.74) is 2.37. The van der Waals surface area contributed by atoms with E-state index in [0.717, 1.165) is 11.4 Å². The van der Waals surface area contributed by atoms with E-state index in [1.807, 2.05) is 36.1 Å². The van der Waals surface area contributed by atoms with Gasteiger partial charge in [0, 0.05) is 22.9 Å². The number of hydrogen-bond donors (Lipinski definition) is 2. The predicted molar refractivity (Wildman–Crippen MR) is 124 cm³/mol. The molecule has 0 heterocycles. The summed E-state index contributed by atoms with van der Waals surface area (Å²) in [5, 5.41) is 6.20. The summed E-state index contributed by atoms with van der Waals surface area (Å²) in [6.07, 6.45) is 0. The van der Waals surface area contributed by atoms with E-state index in [0.29, 0.717) is 22.3 Å². The van der Waals surface area contributed by atoms with Crippen LogP contribution in [0.15, 0.2) is 66.7 Å². The van der Waals surface area contributed by atoms with Crippen LogP contribution in [0.5, 0.6) is 0 Å². The first-order valence-corrected chi connectivity index (χ1v) is 10.2. The zero-order valence-electron chi connectivity index (χ0n) is 16.0. The van der Waals surface area contributed by atoms with Gasteiger partial charge in [-0.1, -0.05) is 46.9 Å². The highest BCUT2D eigenvalue weighted by Crippen LogP contribution is 2.34. The van der Waals surface area contributed by atoms with E-state index in [-0.39, 0.29) is 10.6 Å². The van der Waals surface area contributed by atoms with E-state index in [1.54, 1.807) is 36.4 Å². The molecule has 3 rings (SSSR count). The van der Waals surface area contributed by atoms with Gasteiger partial charge >= 0.3 is 6.03 Å². The topological polar surface area (TPSA) is 61.4 Å². The predicted octanol–water partition coefficient (Wildman–Crippen LogP) is 6.77. The van der Waals surface area contributed by atoms with Gasteiger partial charge in [-0.05, 0) is 61.5 Å². The Morgan fingerprint density at radius 3 is 2.23 bits per heavy atom. The second-order valence-corrected chi connectivity index (χ2v) is 7.53. The summed E-state index contributed by atoms with van der Waals surface area (Å²) in [6, 6.07) is 18.3. The smallest absolute Gasteiger partial charge is 0.326 e. The van der Waals surface area contributed by atoms with E-state index < -0.39 is 11.9 Å². The lowest BCUT2D eigenvalue weighted by Crippen LogP contribution is -2.34. The van der Waals surface area contributed by atoms with Gasteiger partial charge in [0.1, 0.15) is 0 Å². The van der Waals surface area contributed by atoms with Crippen LogP contribution in [0, 0.1) is 0 Å². The van der Waals surface area contributed by atoms with Gasteiger partial charge in [-0.15, -0.1) is 0 Å². The van der Waals surface area contributed by atoms with Crippen molar-refractivity contribution >= 4 is 63.8 Å². The number of halogens is 3. The molecule has 0 saturated carbocycles. The van der Waals surface area contributed by atoms with Crippen LogP contribution in [0.1, 0.15) is 17.3 Å². The van der Waals surface area contributed by atoms with Gasteiger partial charge < -0.3 is 10.2 Å². The third kappa shape index (κ3) is 5.25. The van der Waals surface area contributed by atoms with Crippen LogP contribution in [0.2, 0.25) is 15.1 Å². The first-order valence-electron chi connectivity index (χ1n) is 9.08. The number of urea groups is 1. The molecule has 0 aliphatic carbocycles. The van der Waals surface area contributed by atoms with E-state index in [2.05, 4.69) is 10.6 Å². The van der Waals surface area contributed by atoms with Gasteiger partial charge in [0.15, 0.2) is 0 Å². The highest BCUT2D eigenvalue weighted by molar-refractivity contribution is 6.34. The Hall–Kier alpha value is -2.73. The zero-order valence-corrected chi connectivity index (χ0v) is 18.2. The summed E-state index contributed by atoms with van der Waals surface area (Å²) in [5.74, 6) is -0.597. The van der Waals surface area contributed by atoms with Crippen molar-refractivity contribution in [3.63, 3.8) is 0 Å². The largest absolute Gasteiger partial charge is 0.341 e. The maximum absolute atomic E-state index is 12.2. The third-order valence-corrected chi connectivity index (χ3v) is 5.18. The van der Waals surface area contributed by atoms with Crippen LogP contribution < -0.4 is 15.5 Å². The highest BCUT2D eigenvalue weighted by atomic mass is 35.5. The van der Waals surface area contributed by atoms with Crippen molar-refractivity contribution in [2.45, 2.75) is 6.92 Å². The van der Waals surface area contributed by atoms with Gasteiger partial charge in [0.05, 0.1) is 21.3 Å². The average molecular weight is 463 g/mol. The van der Waals surface area contributed by atoms with E-state index in [9.17, 15) is 9.59 Å². The molecule has 30 heavy (non-hydrogen) atoms. The molecule has 0 atom stereocenters. The second kappa shape index (κ2) is 9.85. The number of hydrogen-bond acceptors (Lipinski definition) is 3. The van der Waals surface area contributed by atoms with E-state index >= 15 is 0 Å². The zero-order chi connectivity index (χ0) is 21.7. The number of benzene rings is 3. The Morgan fingerprint density at radius 1 is 0.900 bits per heavy atom. The number of imide groups is 1. The quantitative estimate of drug-likeness (QED) is 0.440. The van der Waals surface area contributed by atoms with Crippen molar-refractivity contribution in [3.05, 3.63) is 87.4 Å². The minimum Gasteiger partial charge on any atom is -0.341 e. The van der Waals surface area contributed by atoms with Crippen molar-refractivity contribution in [3.8, 4) is 0 Å². The molecular formula is C22H18Cl3N3O2. The Kier molecular flexibility index (Phi) is 7.21. The second-order valence-electron chi connectivity index (χ2n) is 6.27. The molecule has 8 heteroatoms.